The molecule has 1 aliphatic rings. The molecular weight excluding hydrogens is 491 g/mol. The maximum Gasteiger partial charge on any atom is 0.264 e. The Kier molecular flexibility index (Phi) is 7.07. The molecule has 0 saturated carbocycles. The van der Waals surface area contributed by atoms with E-state index in [1.54, 1.807) is 30.3 Å². The number of thioether (sulfide) groups is 1. The molecule has 4 rings (SSSR count). The number of aryl methyl sites for hydroxylation is 1. The van der Waals surface area contributed by atoms with Crippen molar-refractivity contribution >= 4 is 50.5 Å². The van der Waals surface area contributed by atoms with Gasteiger partial charge in [-0.3, -0.25) is 4.79 Å². The van der Waals surface area contributed by atoms with Gasteiger partial charge in [0.15, 0.2) is 5.17 Å². The van der Waals surface area contributed by atoms with Gasteiger partial charge in [0, 0.05) is 5.56 Å². The summed E-state index contributed by atoms with van der Waals surface area (Å²) in [7, 11) is 0. The van der Waals surface area contributed by atoms with Gasteiger partial charge >= 0.3 is 0 Å². The summed E-state index contributed by atoms with van der Waals surface area (Å²) >= 11 is 4.79. The van der Waals surface area contributed by atoms with Crippen LogP contribution >= 0.6 is 27.7 Å². The van der Waals surface area contributed by atoms with Crippen LogP contribution in [0.1, 0.15) is 23.6 Å². The Labute approximate surface area is 198 Å². The molecule has 32 heavy (non-hydrogen) atoms. The number of halogens is 2. The van der Waals surface area contributed by atoms with Gasteiger partial charge in [-0.1, -0.05) is 43.3 Å². The van der Waals surface area contributed by atoms with Crippen molar-refractivity contribution in [3.63, 3.8) is 0 Å². The first-order chi connectivity index (χ1) is 15.5. The number of hydrogen-bond donors (Lipinski definition) is 1. The van der Waals surface area contributed by atoms with Gasteiger partial charge in [-0.15, -0.1) is 0 Å². The lowest BCUT2D eigenvalue weighted by Crippen LogP contribution is -2.19. The normalized spacial score (nSPS) is 15.9. The van der Waals surface area contributed by atoms with Gasteiger partial charge in [0.25, 0.3) is 5.91 Å². The molecule has 4 nitrogen and oxygen atoms in total. The molecule has 162 valence electrons. The van der Waals surface area contributed by atoms with E-state index in [2.05, 4.69) is 33.2 Å². The highest BCUT2D eigenvalue weighted by atomic mass is 79.9. The van der Waals surface area contributed by atoms with Crippen molar-refractivity contribution in [3.8, 4) is 5.75 Å². The fourth-order valence-corrected chi connectivity index (χ4v) is 4.40. The number of hydrogen-bond acceptors (Lipinski definition) is 4. The minimum Gasteiger partial charge on any atom is -0.488 e. The molecule has 3 aromatic carbocycles. The average Bonchev–Trinajstić information content (AvgIpc) is 3.13. The lowest BCUT2D eigenvalue weighted by molar-refractivity contribution is -0.115. The molecule has 0 aliphatic carbocycles. The van der Waals surface area contributed by atoms with Crippen LogP contribution in [0.5, 0.6) is 5.75 Å². The van der Waals surface area contributed by atoms with Crippen LogP contribution in [0.2, 0.25) is 0 Å². The Morgan fingerprint density at radius 3 is 2.62 bits per heavy atom. The summed E-state index contributed by atoms with van der Waals surface area (Å²) in [6.07, 6.45) is 2.77. The number of benzene rings is 3. The number of ether oxygens (including phenoxy) is 1. The molecule has 0 unspecified atom stereocenters. The monoisotopic (exact) mass is 510 g/mol. The molecule has 1 fully saturated rings. The van der Waals surface area contributed by atoms with Crippen LogP contribution in [-0.2, 0) is 17.8 Å². The van der Waals surface area contributed by atoms with Crippen molar-refractivity contribution < 1.29 is 13.9 Å². The average molecular weight is 511 g/mol. The number of carbonyl (C=O) groups is 1. The minimum absolute atomic E-state index is 0.128. The number of amides is 1. The van der Waals surface area contributed by atoms with Crippen molar-refractivity contribution in [2.24, 2.45) is 4.99 Å². The van der Waals surface area contributed by atoms with Gasteiger partial charge in [-0.05, 0) is 81.6 Å². The van der Waals surface area contributed by atoms with E-state index < -0.39 is 0 Å². The number of nitrogens with one attached hydrogen (secondary N) is 1. The first-order valence-corrected chi connectivity index (χ1v) is 11.7. The van der Waals surface area contributed by atoms with Gasteiger partial charge in [0.1, 0.15) is 18.2 Å². The third kappa shape index (κ3) is 5.47. The van der Waals surface area contributed by atoms with Crippen LogP contribution < -0.4 is 10.1 Å². The van der Waals surface area contributed by atoms with Gasteiger partial charge in [-0.25, -0.2) is 9.38 Å². The second-order valence-electron chi connectivity index (χ2n) is 7.07. The topological polar surface area (TPSA) is 50.7 Å². The van der Waals surface area contributed by atoms with Gasteiger partial charge in [-0.2, -0.15) is 0 Å². The number of carbonyl (C=O) groups excluding carboxylic acids is 1. The van der Waals surface area contributed by atoms with Gasteiger partial charge in [0.05, 0.1) is 15.1 Å². The molecule has 0 spiro atoms. The standard InChI is InChI=1S/C25H20BrFN2O2S/c1-2-16-7-10-19(11-8-16)28-25-29-24(30)23(32-25)14-17-9-12-22(20(26)13-17)31-15-18-5-3-4-6-21(18)27/h3-14H,2,15H2,1H3,(H,28,29,30). The largest absolute Gasteiger partial charge is 0.488 e. The van der Waals surface area contributed by atoms with Gasteiger partial charge < -0.3 is 10.1 Å². The SMILES string of the molecule is CCc1ccc(N=C2NC(=O)C(=Cc3ccc(OCc4ccccc4F)c(Br)c3)S2)cc1. The Hall–Kier alpha value is -2.90. The highest BCUT2D eigenvalue weighted by Gasteiger charge is 2.23. The molecule has 1 amide bonds. The molecule has 7 heteroatoms. The van der Waals surface area contributed by atoms with Crippen LogP contribution in [0.15, 0.2) is 81.1 Å². The van der Waals surface area contributed by atoms with Crippen LogP contribution in [0.25, 0.3) is 6.08 Å². The van der Waals surface area contributed by atoms with E-state index >= 15 is 0 Å². The zero-order valence-corrected chi connectivity index (χ0v) is 19.7. The summed E-state index contributed by atoms with van der Waals surface area (Å²) in [5, 5.41) is 3.36. The number of rotatable bonds is 6. The fraction of sp³-hybridized carbons (Fsp3) is 0.120. The molecule has 0 atom stereocenters. The molecule has 1 saturated heterocycles. The van der Waals surface area contributed by atoms with Crippen molar-refractivity contribution in [1.82, 2.24) is 5.32 Å². The van der Waals surface area contributed by atoms with Crippen LogP contribution in [0.3, 0.4) is 0 Å². The lowest BCUT2D eigenvalue weighted by atomic mass is 10.2. The predicted octanol–water partition coefficient (Wildman–Crippen LogP) is 6.62. The van der Waals surface area contributed by atoms with E-state index in [-0.39, 0.29) is 18.3 Å². The Morgan fingerprint density at radius 2 is 1.91 bits per heavy atom. The summed E-state index contributed by atoms with van der Waals surface area (Å²) in [5.74, 6) is 0.111. The van der Waals surface area contributed by atoms with E-state index in [1.165, 1.54) is 23.4 Å². The smallest absolute Gasteiger partial charge is 0.264 e. The number of aliphatic imine (C=N–C) groups is 1. The van der Waals surface area contributed by atoms with Gasteiger partial charge in [0.2, 0.25) is 0 Å². The molecule has 0 radical (unpaired) electrons. The summed E-state index contributed by atoms with van der Waals surface area (Å²) in [6.45, 7) is 2.23. The Balaban J connectivity index is 1.45. The van der Waals surface area contributed by atoms with Crippen LogP contribution in [0.4, 0.5) is 10.1 Å². The molecule has 1 heterocycles. The molecule has 0 aromatic heterocycles. The van der Waals surface area contributed by atoms with E-state index in [0.29, 0.717) is 21.4 Å². The molecule has 1 aliphatic heterocycles. The van der Waals surface area contributed by atoms with Crippen LogP contribution in [0, 0.1) is 5.82 Å². The molecule has 0 bridgehead atoms. The number of amidine groups is 1. The Bertz CT molecular complexity index is 1210. The highest BCUT2D eigenvalue weighted by molar-refractivity contribution is 9.10. The third-order valence-electron chi connectivity index (χ3n) is 4.82. The maximum atomic E-state index is 13.8. The maximum absolute atomic E-state index is 13.8. The molecule has 1 N–H and O–H groups in total. The van der Waals surface area contributed by atoms with E-state index in [0.717, 1.165) is 22.1 Å². The summed E-state index contributed by atoms with van der Waals surface area (Å²) in [5.41, 5.74) is 3.36. The second-order valence-corrected chi connectivity index (χ2v) is 8.96. The van der Waals surface area contributed by atoms with E-state index in [9.17, 15) is 9.18 Å². The van der Waals surface area contributed by atoms with E-state index in [1.807, 2.05) is 36.4 Å². The first kappa shape index (κ1) is 22.3. The summed E-state index contributed by atoms with van der Waals surface area (Å²) in [6, 6.07) is 20.0. The van der Waals surface area contributed by atoms with E-state index in [4.69, 9.17) is 4.74 Å². The first-order valence-electron chi connectivity index (χ1n) is 10.1. The highest BCUT2D eigenvalue weighted by Crippen LogP contribution is 2.31. The third-order valence-corrected chi connectivity index (χ3v) is 6.35. The minimum atomic E-state index is -0.298. The zero-order valence-electron chi connectivity index (χ0n) is 17.3. The fourth-order valence-electron chi connectivity index (χ4n) is 3.05. The summed E-state index contributed by atoms with van der Waals surface area (Å²) in [4.78, 5) is 17.4. The second kappa shape index (κ2) is 10.1. The van der Waals surface area contributed by atoms with Crippen molar-refractivity contribution in [2.75, 3.05) is 0 Å². The lowest BCUT2D eigenvalue weighted by Gasteiger charge is -2.09. The Morgan fingerprint density at radius 1 is 1.12 bits per heavy atom. The van der Waals surface area contributed by atoms with Crippen LogP contribution in [-0.4, -0.2) is 11.1 Å². The quantitative estimate of drug-likeness (QED) is 0.379. The zero-order chi connectivity index (χ0) is 22.5. The van der Waals surface area contributed by atoms with Crippen molar-refractivity contribution in [1.29, 1.82) is 0 Å². The summed E-state index contributed by atoms with van der Waals surface area (Å²) < 4.78 is 20.2. The molecule has 3 aromatic rings. The van der Waals surface area contributed by atoms with Crippen molar-refractivity contribution in [2.45, 2.75) is 20.0 Å². The van der Waals surface area contributed by atoms with Crippen molar-refractivity contribution in [3.05, 3.63) is 98.6 Å². The molecular formula is C25H20BrFN2O2S. The predicted molar refractivity (Wildman–Crippen MR) is 131 cm³/mol. The number of nitrogens with zero attached hydrogens (tertiary/aromatic N) is 1.